The van der Waals surface area contributed by atoms with Gasteiger partial charge >= 0.3 is 0 Å². The first-order valence-electron chi connectivity index (χ1n) is 12.6. The third kappa shape index (κ3) is 7.09. The number of carbonyl (C=O) groups is 3. The second-order valence-electron chi connectivity index (χ2n) is 9.03. The molecular weight excluding hydrogens is 509 g/mol. The van der Waals surface area contributed by atoms with Gasteiger partial charge < -0.3 is 25.0 Å². The number of nitrogens with zero attached hydrogens (tertiary/aromatic N) is 3. The number of hydrogen-bond acceptors (Lipinski definition) is 8. The number of aryl methyl sites for hydroxylation is 1. The summed E-state index contributed by atoms with van der Waals surface area (Å²) in [6.45, 7) is 2.61. The maximum Gasteiger partial charge on any atom is 0.251 e. The van der Waals surface area contributed by atoms with Gasteiger partial charge in [0.15, 0.2) is 11.5 Å². The van der Waals surface area contributed by atoms with Crippen LogP contribution in [-0.4, -0.2) is 59.7 Å². The third-order valence-electron chi connectivity index (χ3n) is 6.32. The van der Waals surface area contributed by atoms with Crippen molar-refractivity contribution in [1.82, 2.24) is 25.8 Å². The zero-order valence-electron chi connectivity index (χ0n) is 21.8. The quantitative estimate of drug-likeness (QED) is 0.519. The van der Waals surface area contributed by atoms with Crippen molar-refractivity contribution >= 4 is 17.7 Å². The molecule has 0 saturated carbocycles. The van der Waals surface area contributed by atoms with Crippen LogP contribution in [0.25, 0.3) is 0 Å². The molecule has 0 radical (unpaired) electrons. The molecule has 2 aliphatic rings. The van der Waals surface area contributed by atoms with Gasteiger partial charge in [0, 0.05) is 43.7 Å². The van der Waals surface area contributed by atoms with E-state index in [1.54, 1.807) is 30.0 Å². The number of amides is 3. The summed E-state index contributed by atoms with van der Waals surface area (Å²) in [4.78, 5) is 40.0. The van der Waals surface area contributed by atoms with Crippen LogP contribution in [0.3, 0.4) is 0 Å². The molecule has 0 fully saturated rings. The van der Waals surface area contributed by atoms with Crippen LogP contribution in [0.2, 0.25) is 0 Å². The zero-order valence-corrected chi connectivity index (χ0v) is 21.8. The highest BCUT2D eigenvalue weighted by molar-refractivity contribution is 5.94. The summed E-state index contributed by atoms with van der Waals surface area (Å²) in [6, 6.07) is 9.04. The van der Waals surface area contributed by atoms with Gasteiger partial charge in [-0.1, -0.05) is 16.4 Å². The van der Waals surface area contributed by atoms with Crippen molar-refractivity contribution < 1.29 is 32.9 Å². The van der Waals surface area contributed by atoms with E-state index in [4.69, 9.17) is 14.1 Å². The van der Waals surface area contributed by atoms with E-state index in [-0.39, 0.29) is 59.9 Å². The molecule has 39 heavy (non-hydrogen) atoms. The average molecular weight is 540 g/mol. The van der Waals surface area contributed by atoms with Gasteiger partial charge in [0.05, 0.1) is 13.5 Å². The SMILES string of the molecule is COc1cc2ccc1Oc1cccc(F)c1CNC(=O)CCCN(C(=O)Cc1nonc1C)CCCNC2=O. The van der Waals surface area contributed by atoms with Crippen LogP contribution in [-0.2, 0) is 22.6 Å². The van der Waals surface area contributed by atoms with Gasteiger partial charge in [0.1, 0.15) is 23.0 Å². The van der Waals surface area contributed by atoms with Crippen LogP contribution in [0.1, 0.15) is 46.6 Å². The van der Waals surface area contributed by atoms with Crippen molar-refractivity contribution in [1.29, 1.82) is 0 Å². The molecule has 3 heterocycles. The molecule has 206 valence electrons. The lowest BCUT2D eigenvalue weighted by atomic mass is 10.1. The second kappa shape index (κ2) is 12.9. The minimum absolute atomic E-state index is 0.0100. The number of halogens is 1. The summed E-state index contributed by atoms with van der Waals surface area (Å²) in [7, 11) is 1.44. The van der Waals surface area contributed by atoms with Crippen LogP contribution < -0.4 is 20.1 Å². The molecule has 0 unspecified atom stereocenters. The van der Waals surface area contributed by atoms with Crippen LogP contribution in [0, 0.1) is 12.7 Å². The molecule has 3 aromatic rings. The zero-order chi connectivity index (χ0) is 27.8. The van der Waals surface area contributed by atoms with E-state index in [1.165, 1.54) is 25.3 Å². The molecule has 2 aliphatic heterocycles. The molecule has 0 spiro atoms. The first kappa shape index (κ1) is 27.6. The lowest BCUT2D eigenvalue weighted by Crippen LogP contribution is -2.36. The Kier molecular flexibility index (Phi) is 9.08. The fourth-order valence-electron chi connectivity index (χ4n) is 4.12. The fourth-order valence-corrected chi connectivity index (χ4v) is 4.12. The number of hydrogen-bond donors (Lipinski definition) is 2. The van der Waals surface area contributed by atoms with Crippen molar-refractivity contribution in [3.63, 3.8) is 0 Å². The molecule has 0 aliphatic carbocycles. The number of rotatable bonds is 3. The molecule has 11 nitrogen and oxygen atoms in total. The molecular formula is C27H30FN5O6. The lowest BCUT2D eigenvalue weighted by molar-refractivity contribution is -0.131. The number of carbonyl (C=O) groups excluding carboxylic acids is 3. The molecule has 2 bridgehead atoms. The van der Waals surface area contributed by atoms with E-state index in [2.05, 4.69) is 20.9 Å². The van der Waals surface area contributed by atoms with Crippen molar-refractivity contribution in [3.05, 3.63) is 64.7 Å². The maximum atomic E-state index is 14.7. The highest BCUT2D eigenvalue weighted by atomic mass is 19.1. The predicted molar refractivity (Wildman–Crippen MR) is 137 cm³/mol. The van der Waals surface area contributed by atoms with Gasteiger partial charge in [-0.3, -0.25) is 14.4 Å². The largest absolute Gasteiger partial charge is 0.493 e. The van der Waals surface area contributed by atoms with Gasteiger partial charge in [-0.15, -0.1) is 0 Å². The minimum atomic E-state index is -0.539. The Hall–Kier alpha value is -4.48. The van der Waals surface area contributed by atoms with Gasteiger partial charge in [-0.05, 0) is 50.1 Å². The Balaban J connectivity index is 1.55. The van der Waals surface area contributed by atoms with Gasteiger partial charge in [-0.25, -0.2) is 9.02 Å². The summed E-state index contributed by atoms with van der Waals surface area (Å²) in [5, 5.41) is 13.1. The third-order valence-corrected chi connectivity index (χ3v) is 6.32. The highest BCUT2D eigenvalue weighted by Crippen LogP contribution is 2.34. The minimum Gasteiger partial charge on any atom is -0.493 e. The fraction of sp³-hybridized carbons (Fsp3) is 0.370. The van der Waals surface area contributed by atoms with Gasteiger partial charge in [0.25, 0.3) is 5.91 Å². The maximum absolute atomic E-state index is 14.7. The normalized spacial score (nSPS) is 15.2. The van der Waals surface area contributed by atoms with Crippen LogP contribution in [0.15, 0.2) is 41.0 Å². The summed E-state index contributed by atoms with van der Waals surface area (Å²) in [5.41, 5.74) is 1.50. The summed E-state index contributed by atoms with van der Waals surface area (Å²) >= 11 is 0. The smallest absolute Gasteiger partial charge is 0.251 e. The number of methoxy groups -OCH3 is 1. The molecule has 5 rings (SSSR count). The van der Waals surface area contributed by atoms with E-state index in [1.807, 2.05) is 0 Å². The van der Waals surface area contributed by atoms with Crippen molar-refractivity contribution in [2.24, 2.45) is 0 Å². The highest BCUT2D eigenvalue weighted by Gasteiger charge is 2.20. The van der Waals surface area contributed by atoms with E-state index in [9.17, 15) is 18.8 Å². The van der Waals surface area contributed by atoms with E-state index >= 15 is 0 Å². The molecule has 3 amide bonds. The Labute approximate surface area is 224 Å². The van der Waals surface area contributed by atoms with E-state index in [0.29, 0.717) is 49.4 Å². The molecule has 12 heteroatoms. The van der Waals surface area contributed by atoms with Crippen molar-refractivity contribution in [2.75, 3.05) is 26.7 Å². The first-order chi connectivity index (χ1) is 18.9. The molecule has 2 aromatic carbocycles. The number of aromatic nitrogens is 2. The van der Waals surface area contributed by atoms with Gasteiger partial charge in [-0.2, -0.15) is 0 Å². The summed E-state index contributed by atoms with van der Waals surface area (Å²) < 4.78 is 30.7. The lowest BCUT2D eigenvalue weighted by Gasteiger charge is -2.22. The Morgan fingerprint density at radius 3 is 2.69 bits per heavy atom. The van der Waals surface area contributed by atoms with Crippen LogP contribution >= 0.6 is 0 Å². The molecule has 0 saturated heterocycles. The van der Waals surface area contributed by atoms with Crippen LogP contribution in [0.4, 0.5) is 4.39 Å². The topological polar surface area (TPSA) is 136 Å². The van der Waals surface area contributed by atoms with E-state index in [0.717, 1.165) is 0 Å². The number of ether oxygens (including phenoxy) is 2. The Morgan fingerprint density at radius 1 is 1.10 bits per heavy atom. The monoisotopic (exact) mass is 539 g/mol. The van der Waals surface area contributed by atoms with Crippen LogP contribution in [0.5, 0.6) is 17.2 Å². The first-order valence-corrected chi connectivity index (χ1v) is 12.6. The van der Waals surface area contributed by atoms with Crippen molar-refractivity contribution in [3.8, 4) is 17.2 Å². The van der Waals surface area contributed by atoms with Gasteiger partial charge in [0.2, 0.25) is 11.8 Å². The standard InChI is InChI=1S/C27H30FN5O6/c1-17-21(32-39-31-17)15-26(35)33-12-4-8-25(34)30-16-19-20(28)6-3-7-22(19)38-23-10-9-18(14-24(23)37-2)27(36)29-11-5-13-33/h3,6-7,9-10,14H,4-5,8,11-13,15-16H2,1-2H3,(H,29,36)(H,30,34). The number of fused-ring (bicyclic) bond motifs is 13. The predicted octanol–water partition coefficient (Wildman–Crippen LogP) is 2.92. The molecule has 2 N–H and O–H groups in total. The summed E-state index contributed by atoms with van der Waals surface area (Å²) in [6.07, 6.45) is 1.02. The number of benzene rings is 2. The Bertz CT molecular complexity index is 1340. The second-order valence-corrected chi connectivity index (χ2v) is 9.03. The van der Waals surface area contributed by atoms with E-state index < -0.39 is 5.82 Å². The average Bonchev–Trinajstić information content (AvgIpc) is 3.32. The Morgan fingerprint density at radius 2 is 1.92 bits per heavy atom. The summed E-state index contributed by atoms with van der Waals surface area (Å²) in [5.74, 6) is -0.561. The molecule has 1 aromatic heterocycles. The molecule has 0 atom stereocenters. The van der Waals surface area contributed by atoms with Crippen molar-refractivity contribution in [2.45, 2.75) is 39.2 Å². The number of nitrogens with one attached hydrogen (secondary N) is 2.